The minimum absolute atomic E-state index is 0.0980. The first-order chi connectivity index (χ1) is 6.36. The Morgan fingerprint density at radius 3 is 3.08 bits per heavy atom. The van der Waals surface area contributed by atoms with Gasteiger partial charge in [0.1, 0.15) is 0 Å². The molecule has 0 fully saturated rings. The Labute approximate surface area is 79.0 Å². The van der Waals surface area contributed by atoms with Gasteiger partial charge in [0.05, 0.1) is 23.4 Å². The fourth-order valence-electron chi connectivity index (χ4n) is 1.05. The maximum Gasteiger partial charge on any atom is 0.0995 e. The number of aromatic amines is 1. The molecule has 2 heterocycles. The molecular formula is C7H9N5S. The molecular weight excluding hydrogens is 186 g/mol. The first kappa shape index (κ1) is 8.33. The van der Waals surface area contributed by atoms with Crippen LogP contribution in [-0.4, -0.2) is 20.4 Å². The zero-order valence-corrected chi connectivity index (χ0v) is 7.66. The van der Waals surface area contributed by atoms with Gasteiger partial charge in [0.25, 0.3) is 0 Å². The van der Waals surface area contributed by atoms with Gasteiger partial charge < -0.3 is 5.73 Å². The third kappa shape index (κ3) is 1.90. The average molecular weight is 195 g/mol. The van der Waals surface area contributed by atoms with Crippen molar-refractivity contribution in [3.8, 4) is 0 Å². The second-order valence-corrected chi connectivity index (χ2v) is 3.64. The Kier molecular flexibility index (Phi) is 2.33. The van der Waals surface area contributed by atoms with Crippen molar-refractivity contribution in [3.05, 3.63) is 28.5 Å². The van der Waals surface area contributed by atoms with E-state index < -0.39 is 0 Å². The molecule has 1 atom stereocenters. The van der Waals surface area contributed by atoms with Crippen LogP contribution in [0.15, 0.2) is 17.9 Å². The van der Waals surface area contributed by atoms with Crippen molar-refractivity contribution < 1.29 is 0 Å². The third-order valence-electron chi connectivity index (χ3n) is 1.72. The van der Waals surface area contributed by atoms with Crippen LogP contribution in [0.2, 0.25) is 0 Å². The average Bonchev–Trinajstić information content (AvgIpc) is 2.74. The van der Waals surface area contributed by atoms with E-state index in [1.807, 2.05) is 6.20 Å². The number of nitrogens with one attached hydrogen (secondary N) is 1. The van der Waals surface area contributed by atoms with Crippen LogP contribution < -0.4 is 5.73 Å². The molecule has 0 bridgehead atoms. The van der Waals surface area contributed by atoms with Gasteiger partial charge in [-0.15, -0.1) is 11.3 Å². The summed E-state index contributed by atoms with van der Waals surface area (Å²) in [5.41, 5.74) is 8.47. The van der Waals surface area contributed by atoms with Gasteiger partial charge in [0, 0.05) is 17.5 Å². The summed E-state index contributed by atoms with van der Waals surface area (Å²) >= 11 is 1.60. The minimum atomic E-state index is -0.0980. The molecule has 6 heteroatoms. The van der Waals surface area contributed by atoms with Gasteiger partial charge in [-0.2, -0.15) is 15.4 Å². The zero-order chi connectivity index (χ0) is 9.10. The van der Waals surface area contributed by atoms with E-state index in [0.29, 0.717) is 0 Å². The first-order valence-electron chi connectivity index (χ1n) is 3.85. The van der Waals surface area contributed by atoms with E-state index >= 15 is 0 Å². The molecule has 0 saturated carbocycles. The topological polar surface area (TPSA) is 80.5 Å². The molecule has 0 amide bonds. The predicted molar refractivity (Wildman–Crippen MR) is 49.1 cm³/mol. The minimum Gasteiger partial charge on any atom is -0.322 e. The van der Waals surface area contributed by atoms with Crippen LogP contribution in [0.4, 0.5) is 0 Å². The highest BCUT2D eigenvalue weighted by atomic mass is 32.1. The van der Waals surface area contributed by atoms with Crippen LogP contribution in [0.1, 0.15) is 16.6 Å². The monoisotopic (exact) mass is 195 g/mol. The quantitative estimate of drug-likeness (QED) is 0.747. The van der Waals surface area contributed by atoms with Gasteiger partial charge in [-0.25, -0.2) is 0 Å². The Morgan fingerprint density at radius 2 is 2.46 bits per heavy atom. The van der Waals surface area contributed by atoms with Crippen LogP contribution in [0, 0.1) is 0 Å². The van der Waals surface area contributed by atoms with Crippen LogP contribution in [-0.2, 0) is 6.42 Å². The van der Waals surface area contributed by atoms with Gasteiger partial charge in [-0.3, -0.25) is 4.98 Å². The highest BCUT2D eigenvalue weighted by molar-refractivity contribution is 7.09. The van der Waals surface area contributed by atoms with Crippen molar-refractivity contribution in [2.24, 2.45) is 5.73 Å². The van der Waals surface area contributed by atoms with Crippen molar-refractivity contribution in [1.29, 1.82) is 0 Å². The van der Waals surface area contributed by atoms with Crippen molar-refractivity contribution >= 4 is 11.3 Å². The molecule has 68 valence electrons. The van der Waals surface area contributed by atoms with Gasteiger partial charge in [0.2, 0.25) is 0 Å². The Balaban J connectivity index is 2.04. The number of rotatable bonds is 3. The van der Waals surface area contributed by atoms with Crippen LogP contribution in [0.25, 0.3) is 0 Å². The number of aromatic nitrogens is 4. The second kappa shape index (κ2) is 3.63. The van der Waals surface area contributed by atoms with Crippen LogP contribution >= 0.6 is 11.3 Å². The molecule has 0 saturated heterocycles. The van der Waals surface area contributed by atoms with Crippen molar-refractivity contribution in [1.82, 2.24) is 20.4 Å². The number of nitrogens with zero attached hydrogens (tertiary/aromatic N) is 3. The molecule has 0 spiro atoms. The number of hydrogen-bond acceptors (Lipinski definition) is 5. The van der Waals surface area contributed by atoms with E-state index in [1.165, 1.54) is 0 Å². The Morgan fingerprint density at radius 1 is 1.54 bits per heavy atom. The van der Waals surface area contributed by atoms with E-state index in [1.54, 1.807) is 23.0 Å². The molecule has 0 aliphatic heterocycles. The van der Waals surface area contributed by atoms with Crippen molar-refractivity contribution in [2.75, 3.05) is 0 Å². The number of thiazole rings is 1. The number of H-pyrrole nitrogens is 1. The second-order valence-electron chi connectivity index (χ2n) is 2.67. The predicted octanol–water partition coefficient (Wildman–Crippen LogP) is 0.504. The molecule has 0 aliphatic rings. The van der Waals surface area contributed by atoms with Crippen molar-refractivity contribution in [3.63, 3.8) is 0 Å². The maximum atomic E-state index is 5.89. The van der Waals surface area contributed by atoms with Gasteiger partial charge >= 0.3 is 0 Å². The van der Waals surface area contributed by atoms with Crippen molar-refractivity contribution in [2.45, 2.75) is 12.5 Å². The fraction of sp³-hybridized carbons (Fsp3) is 0.286. The molecule has 0 aliphatic carbocycles. The van der Waals surface area contributed by atoms with Crippen LogP contribution in [0.5, 0.6) is 0 Å². The molecule has 2 aromatic heterocycles. The lowest BCUT2D eigenvalue weighted by molar-refractivity contribution is 0.697. The van der Waals surface area contributed by atoms with E-state index in [2.05, 4.69) is 20.4 Å². The van der Waals surface area contributed by atoms with E-state index in [9.17, 15) is 0 Å². The van der Waals surface area contributed by atoms with Gasteiger partial charge in [-0.1, -0.05) is 0 Å². The van der Waals surface area contributed by atoms with E-state index in [4.69, 9.17) is 5.73 Å². The van der Waals surface area contributed by atoms with Gasteiger partial charge in [-0.05, 0) is 0 Å². The van der Waals surface area contributed by atoms with E-state index in [0.717, 1.165) is 17.0 Å². The zero-order valence-electron chi connectivity index (χ0n) is 6.84. The number of hydrogen-bond donors (Lipinski definition) is 2. The standard InChI is InChI=1S/C7H9N5S/c8-6(7-3-10-12-11-7)1-5-2-9-4-13-5/h2-4,6H,1,8H2,(H,10,11,12). The molecule has 3 N–H and O–H groups in total. The van der Waals surface area contributed by atoms with E-state index in [-0.39, 0.29) is 6.04 Å². The SMILES string of the molecule is NC(Cc1cncs1)c1cn[nH]n1. The summed E-state index contributed by atoms with van der Waals surface area (Å²) in [6.07, 6.45) is 4.23. The molecule has 2 rings (SSSR count). The molecule has 5 nitrogen and oxygen atoms in total. The molecule has 0 radical (unpaired) electrons. The Hall–Kier alpha value is -1.27. The third-order valence-corrected chi connectivity index (χ3v) is 2.52. The summed E-state index contributed by atoms with van der Waals surface area (Å²) in [5.74, 6) is 0. The summed E-state index contributed by atoms with van der Waals surface area (Å²) in [6, 6.07) is -0.0980. The molecule has 2 aromatic rings. The molecule has 1 unspecified atom stereocenters. The lowest BCUT2D eigenvalue weighted by Crippen LogP contribution is -2.13. The summed E-state index contributed by atoms with van der Waals surface area (Å²) in [6.45, 7) is 0. The summed E-state index contributed by atoms with van der Waals surface area (Å²) in [5, 5.41) is 10.2. The highest BCUT2D eigenvalue weighted by Gasteiger charge is 2.10. The first-order valence-corrected chi connectivity index (χ1v) is 4.73. The highest BCUT2D eigenvalue weighted by Crippen LogP contribution is 2.15. The van der Waals surface area contributed by atoms with Gasteiger partial charge in [0.15, 0.2) is 0 Å². The molecule has 0 aromatic carbocycles. The lowest BCUT2D eigenvalue weighted by atomic mass is 10.1. The maximum absolute atomic E-state index is 5.89. The summed E-state index contributed by atoms with van der Waals surface area (Å²) in [4.78, 5) is 5.14. The smallest absolute Gasteiger partial charge is 0.0995 e. The van der Waals surface area contributed by atoms with Crippen LogP contribution in [0.3, 0.4) is 0 Å². The fourth-order valence-corrected chi connectivity index (χ4v) is 1.71. The Bertz CT molecular complexity index is 341. The lowest BCUT2D eigenvalue weighted by Gasteiger charge is -2.04. The largest absolute Gasteiger partial charge is 0.322 e. The normalized spacial score (nSPS) is 13.0. The summed E-state index contributed by atoms with van der Waals surface area (Å²) in [7, 11) is 0. The summed E-state index contributed by atoms with van der Waals surface area (Å²) < 4.78 is 0. The molecule has 13 heavy (non-hydrogen) atoms. The number of nitrogens with two attached hydrogens (primary N) is 1.